The molecule has 0 saturated heterocycles. The molecular weight excluding hydrogens is 288 g/mol. The summed E-state index contributed by atoms with van der Waals surface area (Å²) in [5.41, 5.74) is 3.07. The highest BCUT2D eigenvalue weighted by atomic mass is 35.5. The molecule has 0 aliphatic heterocycles. The lowest BCUT2D eigenvalue weighted by Gasteiger charge is -2.12. The first-order valence-electron chi connectivity index (χ1n) is 6.48. The zero-order valence-corrected chi connectivity index (χ0v) is 13.0. The second-order valence-electron chi connectivity index (χ2n) is 4.82. The predicted molar refractivity (Wildman–Crippen MR) is 87.9 cm³/mol. The fraction of sp³-hybridized carbons (Fsp3) is 0.188. The van der Waals surface area contributed by atoms with E-state index >= 15 is 0 Å². The number of aryl methyl sites for hydroxylation is 2. The van der Waals surface area contributed by atoms with Gasteiger partial charge in [0.2, 0.25) is 0 Å². The molecule has 0 aliphatic carbocycles. The summed E-state index contributed by atoms with van der Waals surface area (Å²) in [6, 6.07) is 10.3. The van der Waals surface area contributed by atoms with Crippen LogP contribution in [0.4, 0.5) is 5.69 Å². The van der Waals surface area contributed by atoms with Crippen LogP contribution in [0.1, 0.15) is 15.3 Å². The van der Waals surface area contributed by atoms with Gasteiger partial charge in [0.15, 0.2) is 0 Å². The number of thiophene rings is 1. The summed E-state index contributed by atoms with van der Waals surface area (Å²) in [6.07, 6.45) is 1.82. The number of hydrogen-bond acceptors (Lipinski definition) is 3. The minimum atomic E-state index is 0.747. The lowest BCUT2D eigenvalue weighted by Crippen LogP contribution is -2.00. The van der Waals surface area contributed by atoms with Gasteiger partial charge in [0, 0.05) is 27.9 Å². The van der Waals surface area contributed by atoms with Crippen LogP contribution in [0.2, 0.25) is 5.02 Å². The number of nitrogens with zero attached hydrogens (tertiary/aromatic N) is 1. The Morgan fingerprint density at radius 3 is 2.85 bits per heavy atom. The van der Waals surface area contributed by atoms with Gasteiger partial charge in [0.1, 0.15) is 0 Å². The fourth-order valence-electron chi connectivity index (χ4n) is 2.32. The minimum Gasteiger partial charge on any atom is -0.378 e. The Hall–Kier alpha value is -1.58. The maximum absolute atomic E-state index is 6.39. The van der Waals surface area contributed by atoms with Gasteiger partial charge in [-0.3, -0.25) is 4.98 Å². The third kappa shape index (κ3) is 2.51. The van der Waals surface area contributed by atoms with Gasteiger partial charge in [-0.1, -0.05) is 11.6 Å². The minimum absolute atomic E-state index is 0.747. The number of halogens is 1. The molecule has 0 fully saturated rings. The van der Waals surface area contributed by atoms with Crippen LogP contribution in [0, 0.1) is 13.8 Å². The first kappa shape index (κ1) is 13.4. The zero-order valence-electron chi connectivity index (χ0n) is 11.4. The van der Waals surface area contributed by atoms with Gasteiger partial charge in [0.05, 0.1) is 16.2 Å². The molecule has 102 valence electrons. The molecule has 2 heterocycles. The molecule has 2 aromatic heterocycles. The van der Waals surface area contributed by atoms with Crippen molar-refractivity contribution in [1.82, 2.24) is 4.98 Å². The van der Waals surface area contributed by atoms with E-state index in [1.54, 1.807) is 11.3 Å². The Bertz CT molecular complexity index is 764. The van der Waals surface area contributed by atoms with Crippen molar-refractivity contribution in [2.24, 2.45) is 0 Å². The maximum atomic E-state index is 6.39. The summed E-state index contributed by atoms with van der Waals surface area (Å²) in [6.45, 7) is 4.94. The van der Waals surface area contributed by atoms with Crippen molar-refractivity contribution >= 4 is 39.5 Å². The van der Waals surface area contributed by atoms with Crippen LogP contribution in [-0.4, -0.2) is 4.98 Å². The monoisotopic (exact) mass is 302 g/mol. The van der Waals surface area contributed by atoms with Crippen LogP contribution in [-0.2, 0) is 6.54 Å². The maximum Gasteiger partial charge on any atom is 0.0752 e. The Kier molecular flexibility index (Phi) is 3.64. The van der Waals surface area contributed by atoms with Gasteiger partial charge in [-0.2, -0.15) is 0 Å². The van der Waals surface area contributed by atoms with Crippen molar-refractivity contribution in [3.63, 3.8) is 0 Å². The van der Waals surface area contributed by atoms with Gasteiger partial charge < -0.3 is 5.32 Å². The molecule has 0 bridgehead atoms. The summed E-state index contributed by atoms with van der Waals surface area (Å²) in [5, 5.41) is 5.27. The van der Waals surface area contributed by atoms with Crippen LogP contribution in [0.5, 0.6) is 0 Å². The molecule has 20 heavy (non-hydrogen) atoms. The van der Waals surface area contributed by atoms with Crippen LogP contribution in [0.25, 0.3) is 10.9 Å². The number of anilines is 1. The lowest BCUT2D eigenvalue weighted by atomic mass is 10.1. The number of aromatic nitrogens is 1. The SMILES string of the molecule is Cc1ccc(CNc2c(Cl)cc(C)c3ncccc23)s1. The Morgan fingerprint density at radius 1 is 1.25 bits per heavy atom. The lowest BCUT2D eigenvalue weighted by molar-refractivity contribution is 1.20. The molecule has 0 saturated carbocycles. The number of fused-ring (bicyclic) bond motifs is 1. The van der Waals surface area contributed by atoms with E-state index in [0.717, 1.165) is 33.7 Å². The highest BCUT2D eigenvalue weighted by Crippen LogP contribution is 2.33. The van der Waals surface area contributed by atoms with Crippen molar-refractivity contribution in [1.29, 1.82) is 0 Å². The number of benzene rings is 1. The summed E-state index contributed by atoms with van der Waals surface area (Å²) < 4.78 is 0. The van der Waals surface area contributed by atoms with Gasteiger partial charge >= 0.3 is 0 Å². The second kappa shape index (κ2) is 5.43. The first-order chi connectivity index (χ1) is 9.65. The van der Waals surface area contributed by atoms with E-state index in [4.69, 9.17) is 11.6 Å². The van der Waals surface area contributed by atoms with Crippen molar-refractivity contribution in [3.05, 3.63) is 56.9 Å². The van der Waals surface area contributed by atoms with Crippen molar-refractivity contribution in [3.8, 4) is 0 Å². The van der Waals surface area contributed by atoms with Crippen molar-refractivity contribution in [2.45, 2.75) is 20.4 Å². The van der Waals surface area contributed by atoms with E-state index in [-0.39, 0.29) is 0 Å². The predicted octanol–water partition coefficient (Wildman–Crippen LogP) is 5.18. The van der Waals surface area contributed by atoms with E-state index in [0.29, 0.717) is 0 Å². The molecular formula is C16H15ClN2S. The molecule has 0 atom stereocenters. The van der Waals surface area contributed by atoms with Crippen molar-refractivity contribution in [2.75, 3.05) is 5.32 Å². The molecule has 0 aliphatic rings. The molecule has 4 heteroatoms. The van der Waals surface area contributed by atoms with Crippen LogP contribution in [0.3, 0.4) is 0 Å². The van der Waals surface area contributed by atoms with E-state index in [1.165, 1.54) is 9.75 Å². The quantitative estimate of drug-likeness (QED) is 0.721. The molecule has 3 rings (SSSR count). The van der Waals surface area contributed by atoms with E-state index < -0.39 is 0 Å². The van der Waals surface area contributed by atoms with Crippen LogP contribution >= 0.6 is 22.9 Å². The normalized spacial score (nSPS) is 10.9. The van der Waals surface area contributed by atoms with Gasteiger partial charge in [-0.25, -0.2) is 0 Å². The first-order valence-corrected chi connectivity index (χ1v) is 7.67. The fourth-order valence-corrected chi connectivity index (χ4v) is 3.48. The van der Waals surface area contributed by atoms with Gasteiger partial charge in [-0.15, -0.1) is 11.3 Å². The molecule has 0 amide bonds. The van der Waals surface area contributed by atoms with Gasteiger partial charge in [0.25, 0.3) is 0 Å². The molecule has 0 unspecified atom stereocenters. The highest BCUT2D eigenvalue weighted by molar-refractivity contribution is 7.11. The van der Waals surface area contributed by atoms with Crippen molar-refractivity contribution < 1.29 is 0 Å². The zero-order chi connectivity index (χ0) is 14.1. The summed E-state index contributed by atoms with van der Waals surface area (Å²) in [7, 11) is 0. The smallest absolute Gasteiger partial charge is 0.0752 e. The second-order valence-corrected chi connectivity index (χ2v) is 6.60. The molecule has 0 radical (unpaired) electrons. The largest absolute Gasteiger partial charge is 0.378 e. The molecule has 0 spiro atoms. The third-order valence-corrected chi connectivity index (χ3v) is 4.57. The average molecular weight is 303 g/mol. The number of pyridine rings is 1. The van der Waals surface area contributed by atoms with Crippen LogP contribution in [0.15, 0.2) is 36.5 Å². The molecule has 1 N–H and O–H groups in total. The van der Waals surface area contributed by atoms with E-state index in [1.807, 2.05) is 25.3 Å². The number of rotatable bonds is 3. The van der Waals surface area contributed by atoms with E-state index in [2.05, 4.69) is 35.4 Å². The summed E-state index contributed by atoms with van der Waals surface area (Å²) >= 11 is 8.19. The molecule has 2 nitrogen and oxygen atoms in total. The highest BCUT2D eigenvalue weighted by Gasteiger charge is 2.09. The standard InChI is InChI=1S/C16H15ClN2S/c1-10-8-14(17)16(13-4-3-7-18-15(10)13)19-9-12-6-5-11(2)20-12/h3-8,19H,9H2,1-2H3. The van der Waals surface area contributed by atoms with Crippen LogP contribution < -0.4 is 5.32 Å². The summed E-state index contributed by atoms with van der Waals surface area (Å²) in [4.78, 5) is 7.07. The molecule has 1 aromatic carbocycles. The number of nitrogens with one attached hydrogen (secondary N) is 1. The van der Waals surface area contributed by atoms with E-state index in [9.17, 15) is 0 Å². The Balaban J connectivity index is 1.98. The Morgan fingerprint density at radius 2 is 2.10 bits per heavy atom. The molecule has 3 aromatic rings. The number of hydrogen-bond donors (Lipinski definition) is 1. The van der Waals surface area contributed by atoms with Gasteiger partial charge in [-0.05, 0) is 49.7 Å². The third-order valence-electron chi connectivity index (χ3n) is 3.27. The Labute approximate surface area is 127 Å². The summed E-state index contributed by atoms with van der Waals surface area (Å²) in [5.74, 6) is 0. The average Bonchev–Trinajstić information content (AvgIpc) is 2.84. The topological polar surface area (TPSA) is 24.9 Å².